The quantitative estimate of drug-likeness (QED) is 0.811. The van der Waals surface area contributed by atoms with Crippen molar-refractivity contribution in [3.8, 4) is 5.69 Å². The van der Waals surface area contributed by atoms with E-state index in [2.05, 4.69) is 5.10 Å². The number of benzene rings is 1. The van der Waals surface area contributed by atoms with Gasteiger partial charge in [0.25, 0.3) is 5.91 Å². The molecule has 2 aromatic rings. The van der Waals surface area contributed by atoms with Gasteiger partial charge in [0.2, 0.25) is 0 Å². The van der Waals surface area contributed by atoms with Gasteiger partial charge < -0.3 is 14.7 Å². The molecule has 0 atom stereocenters. The van der Waals surface area contributed by atoms with Crippen LogP contribution in [0.2, 0.25) is 0 Å². The highest BCUT2D eigenvalue weighted by Gasteiger charge is 2.30. The van der Waals surface area contributed by atoms with Gasteiger partial charge in [-0.3, -0.25) is 9.59 Å². The zero-order valence-corrected chi connectivity index (χ0v) is 14.4. The molecular formula is C18H20FN3O4. The number of hydrogen-bond donors (Lipinski definition) is 1. The van der Waals surface area contributed by atoms with E-state index in [9.17, 15) is 14.0 Å². The minimum Gasteiger partial charge on any atom is -0.480 e. The highest BCUT2D eigenvalue weighted by atomic mass is 19.1. The molecule has 138 valence electrons. The number of aromatic nitrogens is 2. The number of ether oxygens (including phenoxy) is 1. The molecule has 1 aliphatic rings. The molecule has 0 aliphatic heterocycles. The summed E-state index contributed by atoms with van der Waals surface area (Å²) in [7, 11) is 1.49. The van der Waals surface area contributed by atoms with Crippen molar-refractivity contribution in [2.24, 2.45) is 0 Å². The monoisotopic (exact) mass is 361 g/mol. The fourth-order valence-corrected chi connectivity index (χ4v) is 3.20. The van der Waals surface area contributed by atoms with Crippen molar-refractivity contribution in [3.05, 3.63) is 47.0 Å². The number of fused-ring (bicyclic) bond motifs is 1. The van der Waals surface area contributed by atoms with Gasteiger partial charge in [-0.25, -0.2) is 9.07 Å². The Morgan fingerprint density at radius 2 is 2.19 bits per heavy atom. The number of aliphatic carboxylic acids is 1. The number of carbonyl (C=O) groups is 2. The Balaban J connectivity index is 1.98. The molecule has 8 heteroatoms. The van der Waals surface area contributed by atoms with E-state index in [1.807, 2.05) is 0 Å². The van der Waals surface area contributed by atoms with Crippen LogP contribution in [0.15, 0.2) is 24.3 Å². The zero-order valence-electron chi connectivity index (χ0n) is 14.4. The number of hydrogen-bond acceptors (Lipinski definition) is 4. The van der Waals surface area contributed by atoms with Crippen LogP contribution in [0.1, 0.15) is 28.2 Å². The normalized spacial score (nSPS) is 12.8. The maximum Gasteiger partial charge on any atom is 0.323 e. The van der Waals surface area contributed by atoms with Gasteiger partial charge >= 0.3 is 5.97 Å². The van der Waals surface area contributed by atoms with Gasteiger partial charge in [0.05, 0.1) is 12.3 Å². The second kappa shape index (κ2) is 7.65. The van der Waals surface area contributed by atoms with Crippen molar-refractivity contribution < 1.29 is 23.8 Å². The molecule has 1 aromatic heterocycles. The van der Waals surface area contributed by atoms with Crippen LogP contribution in [0.25, 0.3) is 5.69 Å². The number of rotatable bonds is 7. The maximum atomic E-state index is 13.6. The lowest BCUT2D eigenvalue weighted by molar-refractivity contribution is -0.137. The van der Waals surface area contributed by atoms with E-state index in [1.165, 1.54) is 24.1 Å². The van der Waals surface area contributed by atoms with Gasteiger partial charge in [0.15, 0.2) is 5.69 Å². The summed E-state index contributed by atoms with van der Waals surface area (Å²) in [6.45, 7) is -0.0428. The highest BCUT2D eigenvalue weighted by molar-refractivity contribution is 5.96. The number of methoxy groups -OCH3 is 1. The lowest BCUT2D eigenvalue weighted by Gasteiger charge is -2.19. The molecule has 1 N–H and O–H groups in total. The van der Waals surface area contributed by atoms with Crippen molar-refractivity contribution in [1.29, 1.82) is 0 Å². The zero-order chi connectivity index (χ0) is 18.7. The highest BCUT2D eigenvalue weighted by Crippen LogP contribution is 2.28. The first kappa shape index (κ1) is 18.1. The van der Waals surface area contributed by atoms with E-state index < -0.39 is 18.4 Å². The van der Waals surface area contributed by atoms with Crippen LogP contribution < -0.4 is 0 Å². The third-order valence-electron chi connectivity index (χ3n) is 4.36. The van der Waals surface area contributed by atoms with Crippen LogP contribution in [0.3, 0.4) is 0 Å². The molecule has 0 unspecified atom stereocenters. The van der Waals surface area contributed by atoms with Crippen molar-refractivity contribution >= 4 is 11.9 Å². The van der Waals surface area contributed by atoms with E-state index in [1.54, 1.807) is 16.8 Å². The van der Waals surface area contributed by atoms with Crippen LogP contribution >= 0.6 is 0 Å². The molecule has 3 rings (SSSR count). The maximum absolute atomic E-state index is 13.6. The Bertz CT molecular complexity index is 834. The second-order valence-electron chi connectivity index (χ2n) is 6.13. The molecule has 0 bridgehead atoms. The predicted octanol–water partition coefficient (Wildman–Crippen LogP) is 1.67. The number of carboxylic acids is 1. The van der Waals surface area contributed by atoms with Gasteiger partial charge in [-0.15, -0.1) is 0 Å². The number of amides is 1. The molecule has 0 saturated carbocycles. The van der Waals surface area contributed by atoms with Gasteiger partial charge in [-0.2, -0.15) is 5.10 Å². The largest absolute Gasteiger partial charge is 0.480 e. The Kier molecular flexibility index (Phi) is 5.32. The number of carboxylic acid groups (broad SMARTS) is 1. The van der Waals surface area contributed by atoms with Gasteiger partial charge in [-0.05, 0) is 37.5 Å². The van der Waals surface area contributed by atoms with E-state index in [4.69, 9.17) is 9.84 Å². The van der Waals surface area contributed by atoms with E-state index in [0.29, 0.717) is 12.1 Å². The van der Waals surface area contributed by atoms with Crippen molar-refractivity contribution in [2.45, 2.75) is 19.3 Å². The Morgan fingerprint density at radius 1 is 1.38 bits per heavy atom. The summed E-state index contributed by atoms with van der Waals surface area (Å²) in [4.78, 5) is 25.2. The lowest BCUT2D eigenvalue weighted by Crippen LogP contribution is -2.38. The molecule has 1 heterocycles. The molecule has 1 aromatic carbocycles. The molecule has 1 amide bonds. The third kappa shape index (κ3) is 3.60. The van der Waals surface area contributed by atoms with E-state index >= 15 is 0 Å². The molecule has 26 heavy (non-hydrogen) atoms. The van der Waals surface area contributed by atoms with Gasteiger partial charge in [0, 0.05) is 24.9 Å². The van der Waals surface area contributed by atoms with Gasteiger partial charge in [-0.1, -0.05) is 6.07 Å². The molecular weight excluding hydrogens is 341 g/mol. The summed E-state index contributed by atoms with van der Waals surface area (Å²) in [5.74, 6) is -1.93. The van der Waals surface area contributed by atoms with Gasteiger partial charge in [0.1, 0.15) is 12.4 Å². The summed E-state index contributed by atoms with van der Waals surface area (Å²) in [5, 5.41) is 13.5. The standard InChI is InChI=1S/C18H20FN3O4/c1-26-9-8-21(11-16(23)24)18(25)17-14-6-3-7-15(14)22(20-17)13-5-2-4-12(19)10-13/h2,4-5,10H,3,6-9,11H2,1H3,(H,23,24). The average molecular weight is 361 g/mol. The summed E-state index contributed by atoms with van der Waals surface area (Å²) in [6.07, 6.45) is 2.31. The van der Waals surface area contributed by atoms with E-state index in [-0.39, 0.29) is 24.7 Å². The molecule has 7 nitrogen and oxygen atoms in total. The second-order valence-corrected chi connectivity index (χ2v) is 6.13. The van der Waals surface area contributed by atoms with Crippen LogP contribution in [0.5, 0.6) is 0 Å². The van der Waals surface area contributed by atoms with Crippen LogP contribution in [0.4, 0.5) is 4.39 Å². The molecule has 0 spiro atoms. The number of nitrogens with zero attached hydrogens (tertiary/aromatic N) is 3. The fourth-order valence-electron chi connectivity index (χ4n) is 3.20. The Morgan fingerprint density at radius 3 is 2.88 bits per heavy atom. The molecule has 0 saturated heterocycles. The molecule has 0 fully saturated rings. The summed E-state index contributed by atoms with van der Waals surface area (Å²) >= 11 is 0. The fraction of sp³-hybridized carbons (Fsp3) is 0.389. The third-order valence-corrected chi connectivity index (χ3v) is 4.36. The minimum atomic E-state index is -1.10. The first-order chi connectivity index (χ1) is 12.5. The Labute approximate surface area is 150 Å². The summed E-state index contributed by atoms with van der Waals surface area (Å²) in [6, 6.07) is 6.02. The van der Waals surface area contributed by atoms with Crippen molar-refractivity contribution in [2.75, 3.05) is 26.8 Å². The van der Waals surface area contributed by atoms with E-state index in [0.717, 1.165) is 24.1 Å². The summed E-state index contributed by atoms with van der Waals surface area (Å²) in [5.41, 5.74) is 2.47. The van der Waals surface area contributed by atoms with Crippen LogP contribution in [0, 0.1) is 5.82 Å². The number of carbonyl (C=O) groups excluding carboxylic acids is 1. The minimum absolute atomic E-state index is 0.156. The smallest absolute Gasteiger partial charge is 0.323 e. The average Bonchev–Trinajstić information content (AvgIpc) is 3.20. The Hall–Kier alpha value is -2.74. The SMILES string of the molecule is COCCN(CC(=O)O)C(=O)c1nn(-c2cccc(F)c2)c2c1CCC2. The first-order valence-corrected chi connectivity index (χ1v) is 8.38. The summed E-state index contributed by atoms with van der Waals surface area (Å²) < 4.78 is 20.1. The van der Waals surface area contributed by atoms with Crippen LogP contribution in [-0.2, 0) is 22.4 Å². The number of halogens is 1. The van der Waals surface area contributed by atoms with Crippen LogP contribution in [-0.4, -0.2) is 58.5 Å². The molecule has 1 aliphatic carbocycles. The predicted molar refractivity (Wildman–Crippen MR) is 91.0 cm³/mol. The first-order valence-electron chi connectivity index (χ1n) is 8.38. The van der Waals surface area contributed by atoms with Crippen molar-refractivity contribution in [3.63, 3.8) is 0 Å². The lowest BCUT2D eigenvalue weighted by atomic mass is 10.2. The van der Waals surface area contributed by atoms with Crippen molar-refractivity contribution in [1.82, 2.24) is 14.7 Å². The topological polar surface area (TPSA) is 84.7 Å². The molecule has 0 radical (unpaired) electrons.